The Kier molecular flexibility index (Phi) is 11.5. The number of ether oxygens (including phenoxy) is 1. The van der Waals surface area contributed by atoms with Gasteiger partial charge in [-0.25, -0.2) is 10.2 Å². The summed E-state index contributed by atoms with van der Waals surface area (Å²) in [5, 5.41) is 8.47. The summed E-state index contributed by atoms with van der Waals surface area (Å²) in [5.41, 5.74) is 4.41. The highest BCUT2D eigenvalue weighted by atomic mass is 16.5. The van der Waals surface area contributed by atoms with Gasteiger partial charge in [-0.3, -0.25) is 9.59 Å². The second-order valence-corrected chi connectivity index (χ2v) is 9.40. The predicted molar refractivity (Wildman–Crippen MR) is 151 cm³/mol. The fourth-order valence-corrected chi connectivity index (χ4v) is 4.15. The molecule has 0 fully saturated rings. The first-order chi connectivity index (χ1) is 18.5. The lowest BCUT2D eigenvalue weighted by Gasteiger charge is -2.11. The Labute approximate surface area is 224 Å². The van der Waals surface area contributed by atoms with E-state index in [1.54, 1.807) is 24.3 Å². The number of esters is 1. The highest BCUT2D eigenvalue weighted by Crippen LogP contribution is 2.27. The van der Waals surface area contributed by atoms with E-state index < -0.39 is 11.9 Å². The van der Waals surface area contributed by atoms with Crippen molar-refractivity contribution in [1.82, 2.24) is 10.7 Å². The molecule has 3 aromatic carbocycles. The minimum Gasteiger partial charge on any atom is -0.422 e. The molecule has 38 heavy (non-hydrogen) atoms. The average molecular weight is 516 g/mol. The molecular formula is C31H37N3O4. The zero-order valence-corrected chi connectivity index (χ0v) is 22.3. The lowest BCUT2D eigenvalue weighted by Crippen LogP contribution is -2.34. The molecule has 0 heterocycles. The molecule has 0 aliphatic heterocycles. The van der Waals surface area contributed by atoms with E-state index >= 15 is 0 Å². The first-order valence-electron chi connectivity index (χ1n) is 13.4. The van der Waals surface area contributed by atoms with Gasteiger partial charge in [-0.15, -0.1) is 0 Å². The van der Waals surface area contributed by atoms with E-state index in [4.69, 9.17) is 4.74 Å². The molecule has 3 rings (SSSR count). The van der Waals surface area contributed by atoms with Gasteiger partial charge in [0.1, 0.15) is 5.75 Å². The van der Waals surface area contributed by atoms with Crippen molar-refractivity contribution in [3.05, 3.63) is 77.4 Å². The van der Waals surface area contributed by atoms with Crippen molar-refractivity contribution >= 4 is 34.8 Å². The Balaban J connectivity index is 1.55. The number of nitrogens with zero attached hydrogens (tertiary/aromatic N) is 1. The van der Waals surface area contributed by atoms with Crippen LogP contribution in [0, 0.1) is 6.92 Å². The SMILES string of the molecule is CCCCCCCCCC(=O)NCC(=O)NN=Cc1c(OC(=O)c2cccc(C)c2)ccc2ccccc12. The highest BCUT2D eigenvalue weighted by molar-refractivity contribution is 6.04. The number of carbonyl (C=O) groups excluding carboxylic acids is 3. The highest BCUT2D eigenvalue weighted by Gasteiger charge is 2.14. The van der Waals surface area contributed by atoms with Crippen LogP contribution in [0.1, 0.15) is 79.8 Å². The van der Waals surface area contributed by atoms with Crippen LogP contribution in [0.2, 0.25) is 0 Å². The van der Waals surface area contributed by atoms with Crippen molar-refractivity contribution in [2.45, 2.75) is 65.2 Å². The van der Waals surface area contributed by atoms with Gasteiger partial charge in [0, 0.05) is 12.0 Å². The van der Waals surface area contributed by atoms with Crippen LogP contribution in [0.4, 0.5) is 0 Å². The van der Waals surface area contributed by atoms with Crippen LogP contribution >= 0.6 is 0 Å². The van der Waals surface area contributed by atoms with Crippen LogP contribution in [-0.2, 0) is 9.59 Å². The summed E-state index contributed by atoms with van der Waals surface area (Å²) < 4.78 is 5.71. The van der Waals surface area contributed by atoms with E-state index in [1.165, 1.54) is 31.9 Å². The van der Waals surface area contributed by atoms with Gasteiger partial charge in [-0.2, -0.15) is 5.10 Å². The van der Waals surface area contributed by atoms with Crippen molar-refractivity contribution in [3.8, 4) is 5.75 Å². The number of aryl methyl sites for hydroxylation is 1. The second kappa shape index (κ2) is 15.3. The van der Waals surface area contributed by atoms with Crippen molar-refractivity contribution < 1.29 is 19.1 Å². The first-order valence-corrected chi connectivity index (χ1v) is 13.4. The average Bonchev–Trinajstić information content (AvgIpc) is 2.92. The smallest absolute Gasteiger partial charge is 0.343 e. The van der Waals surface area contributed by atoms with Crippen LogP contribution in [-0.4, -0.2) is 30.5 Å². The number of rotatable bonds is 14. The summed E-state index contributed by atoms with van der Waals surface area (Å²) in [7, 11) is 0. The molecule has 2 N–H and O–H groups in total. The topological polar surface area (TPSA) is 96.9 Å². The summed E-state index contributed by atoms with van der Waals surface area (Å²) in [6.45, 7) is 3.94. The number of fused-ring (bicyclic) bond motifs is 1. The Morgan fingerprint density at radius 2 is 1.63 bits per heavy atom. The zero-order valence-electron chi connectivity index (χ0n) is 22.3. The van der Waals surface area contributed by atoms with E-state index in [0.29, 0.717) is 23.3 Å². The lowest BCUT2D eigenvalue weighted by atomic mass is 10.0. The molecule has 0 atom stereocenters. The van der Waals surface area contributed by atoms with Crippen molar-refractivity contribution in [2.24, 2.45) is 5.10 Å². The maximum atomic E-state index is 12.8. The molecule has 0 saturated carbocycles. The van der Waals surface area contributed by atoms with E-state index in [-0.39, 0.29) is 12.5 Å². The third kappa shape index (κ3) is 9.14. The summed E-state index contributed by atoms with van der Waals surface area (Å²) in [4.78, 5) is 37.0. The molecule has 0 spiro atoms. The van der Waals surface area contributed by atoms with E-state index in [1.807, 2.05) is 43.3 Å². The number of unbranched alkanes of at least 4 members (excludes halogenated alkanes) is 6. The summed E-state index contributed by atoms with van der Waals surface area (Å²) in [5.74, 6) is -0.729. The van der Waals surface area contributed by atoms with E-state index in [0.717, 1.165) is 35.6 Å². The number of hydrogen-bond acceptors (Lipinski definition) is 5. The second-order valence-electron chi connectivity index (χ2n) is 9.40. The molecule has 7 heteroatoms. The molecule has 0 radical (unpaired) electrons. The maximum Gasteiger partial charge on any atom is 0.343 e. The van der Waals surface area contributed by atoms with Crippen LogP contribution in [0.15, 0.2) is 65.8 Å². The number of carbonyl (C=O) groups is 3. The quantitative estimate of drug-likeness (QED) is 0.0895. The molecule has 0 aliphatic rings. The fraction of sp³-hybridized carbons (Fsp3) is 0.355. The van der Waals surface area contributed by atoms with Crippen molar-refractivity contribution in [1.29, 1.82) is 0 Å². The first kappa shape index (κ1) is 28.6. The van der Waals surface area contributed by atoms with Gasteiger partial charge in [0.15, 0.2) is 0 Å². The Morgan fingerprint density at radius 1 is 0.868 bits per heavy atom. The van der Waals surface area contributed by atoms with Gasteiger partial charge < -0.3 is 10.1 Å². The molecule has 200 valence electrons. The third-order valence-electron chi connectivity index (χ3n) is 6.22. The minimum atomic E-state index is -0.480. The van der Waals surface area contributed by atoms with E-state index in [2.05, 4.69) is 22.8 Å². The number of hydrazone groups is 1. The molecule has 3 aromatic rings. The van der Waals surface area contributed by atoms with Gasteiger partial charge in [0.25, 0.3) is 5.91 Å². The van der Waals surface area contributed by atoms with Crippen molar-refractivity contribution in [2.75, 3.05) is 6.54 Å². The van der Waals surface area contributed by atoms with Gasteiger partial charge in [0.05, 0.1) is 18.3 Å². The fourth-order valence-electron chi connectivity index (χ4n) is 4.15. The number of amides is 2. The summed E-state index contributed by atoms with van der Waals surface area (Å²) in [6, 6.07) is 18.4. The molecule has 0 bridgehead atoms. The van der Waals surface area contributed by atoms with Gasteiger partial charge in [0.2, 0.25) is 5.91 Å². The van der Waals surface area contributed by atoms with E-state index in [9.17, 15) is 14.4 Å². The number of hydrogen-bond donors (Lipinski definition) is 2. The van der Waals surface area contributed by atoms with Crippen LogP contribution < -0.4 is 15.5 Å². The summed E-state index contributed by atoms with van der Waals surface area (Å²) >= 11 is 0. The Bertz CT molecular complexity index is 1270. The number of benzene rings is 3. The number of nitrogens with one attached hydrogen (secondary N) is 2. The van der Waals surface area contributed by atoms with Gasteiger partial charge in [-0.05, 0) is 42.3 Å². The third-order valence-corrected chi connectivity index (χ3v) is 6.22. The largest absolute Gasteiger partial charge is 0.422 e. The summed E-state index contributed by atoms with van der Waals surface area (Å²) in [6.07, 6.45) is 9.79. The Hall–Kier alpha value is -4.00. The standard InChI is InChI=1S/C31H37N3O4/c1-3-4-5-6-7-8-9-17-29(35)32-22-30(36)34-33-21-27-26-16-11-10-14-24(26)18-19-28(27)38-31(37)25-15-12-13-23(2)20-25/h10-16,18-21H,3-9,17,22H2,1-2H3,(H,32,35)(H,34,36). The monoisotopic (exact) mass is 515 g/mol. The maximum absolute atomic E-state index is 12.8. The molecule has 2 amide bonds. The van der Waals surface area contributed by atoms with Gasteiger partial charge in [-0.1, -0.05) is 93.5 Å². The molecule has 0 unspecified atom stereocenters. The molecule has 7 nitrogen and oxygen atoms in total. The molecule has 0 aromatic heterocycles. The van der Waals surface area contributed by atoms with Crippen LogP contribution in [0.25, 0.3) is 10.8 Å². The lowest BCUT2D eigenvalue weighted by molar-refractivity contribution is -0.126. The zero-order chi connectivity index (χ0) is 27.2. The Morgan fingerprint density at radius 3 is 2.42 bits per heavy atom. The predicted octanol–water partition coefficient (Wildman–Crippen LogP) is 6.07. The van der Waals surface area contributed by atoms with Crippen LogP contribution in [0.3, 0.4) is 0 Å². The van der Waals surface area contributed by atoms with Crippen LogP contribution in [0.5, 0.6) is 5.75 Å². The molecule has 0 saturated heterocycles. The van der Waals surface area contributed by atoms with Gasteiger partial charge >= 0.3 is 5.97 Å². The van der Waals surface area contributed by atoms with Crippen molar-refractivity contribution in [3.63, 3.8) is 0 Å². The normalized spacial score (nSPS) is 11.0. The molecular weight excluding hydrogens is 478 g/mol. The minimum absolute atomic E-state index is 0.142. The molecule has 0 aliphatic carbocycles.